The molecule has 0 unspecified atom stereocenters. The summed E-state index contributed by atoms with van der Waals surface area (Å²) in [5.41, 5.74) is 9.96. The Labute approximate surface area is 215 Å². The fraction of sp³-hybridized carbons (Fsp3) is 0.214. The first-order chi connectivity index (χ1) is 17.0. The van der Waals surface area contributed by atoms with E-state index in [1.165, 1.54) is 0 Å². The van der Waals surface area contributed by atoms with Gasteiger partial charge in [0.2, 0.25) is 0 Å². The Kier molecular flexibility index (Phi) is 8.09. The zero-order valence-corrected chi connectivity index (χ0v) is 20.9. The summed E-state index contributed by atoms with van der Waals surface area (Å²) in [6.45, 7) is 3.00. The minimum atomic E-state index is -0.281. The number of nitrogens with two attached hydrogens (primary N) is 1. The van der Waals surface area contributed by atoms with E-state index in [2.05, 4.69) is 17.6 Å². The Morgan fingerprint density at radius 1 is 1.03 bits per heavy atom. The number of unbranched alkanes of at least 4 members (excludes halogenated alkanes) is 1. The molecule has 3 aromatic carbocycles. The summed E-state index contributed by atoms with van der Waals surface area (Å²) in [5.74, 6) is 2.23. The van der Waals surface area contributed by atoms with Gasteiger partial charge in [0.1, 0.15) is 17.3 Å². The Hall–Kier alpha value is -3.30. The number of aromatic nitrogens is 2. The van der Waals surface area contributed by atoms with Crippen molar-refractivity contribution >= 4 is 23.2 Å². The van der Waals surface area contributed by atoms with Crippen molar-refractivity contribution in [3.8, 4) is 28.8 Å². The number of benzene rings is 3. The molecule has 178 valence electrons. The molecule has 0 radical (unpaired) electrons. The lowest BCUT2D eigenvalue weighted by atomic mass is 10.1. The largest absolute Gasteiger partial charge is 0.457 e. The maximum atomic E-state index is 8.93. The molecule has 0 amide bonds. The molecule has 4 rings (SSSR count). The predicted molar refractivity (Wildman–Crippen MR) is 141 cm³/mol. The van der Waals surface area contributed by atoms with E-state index in [9.17, 15) is 0 Å². The van der Waals surface area contributed by atoms with Crippen molar-refractivity contribution in [3.05, 3.63) is 99.9 Å². The number of imidazole rings is 1. The Morgan fingerprint density at radius 2 is 1.71 bits per heavy atom. The van der Waals surface area contributed by atoms with Crippen LogP contribution in [-0.4, -0.2) is 9.55 Å². The minimum absolute atomic E-state index is 0.281. The predicted octanol–water partition coefficient (Wildman–Crippen LogP) is 7.56. The number of hydrogen-bond donors (Lipinski definition) is 1. The van der Waals surface area contributed by atoms with Gasteiger partial charge in [0.15, 0.2) is 0 Å². The first-order valence-electron chi connectivity index (χ1n) is 11.5. The lowest BCUT2D eigenvalue weighted by Crippen LogP contribution is -2.19. The van der Waals surface area contributed by atoms with E-state index >= 15 is 0 Å². The third-order valence-corrected chi connectivity index (χ3v) is 6.24. The first-order valence-corrected chi connectivity index (χ1v) is 12.3. The highest BCUT2D eigenvalue weighted by atomic mass is 35.5. The molecule has 1 atom stereocenters. The highest BCUT2D eigenvalue weighted by molar-refractivity contribution is 6.36. The third kappa shape index (κ3) is 6.23. The molecule has 0 saturated carbocycles. The Morgan fingerprint density at radius 3 is 2.34 bits per heavy atom. The van der Waals surface area contributed by atoms with Crippen LogP contribution in [0.2, 0.25) is 10.0 Å². The normalized spacial score (nSPS) is 11.7. The molecule has 0 fully saturated rings. The maximum absolute atomic E-state index is 8.93. The number of nitrogens with zero attached hydrogens (tertiary/aromatic N) is 3. The van der Waals surface area contributed by atoms with Crippen LogP contribution in [0.5, 0.6) is 11.5 Å². The van der Waals surface area contributed by atoms with Crippen LogP contribution in [0.15, 0.2) is 72.9 Å². The number of hydrogen-bond acceptors (Lipinski definition) is 4. The summed E-state index contributed by atoms with van der Waals surface area (Å²) < 4.78 is 8.01. The van der Waals surface area contributed by atoms with Gasteiger partial charge < -0.3 is 15.0 Å². The van der Waals surface area contributed by atoms with Crippen LogP contribution >= 0.6 is 23.2 Å². The molecule has 5 nitrogen and oxygen atoms in total. The van der Waals surface area contributed by atoms with Gasteiger partial charge >= 0.3 is 0 Å². The number of halogens is 2. The quantitative estimate of drug-likeness (QED) is 0.255. The van der Waals surface area contributed by atoms with E-state index in [0.717, 1.165) is 47.8 Å². The molecular weight excluding hydrogens is 479 g/mol. The molecule has 2 N–H and O–H groups in total. The van der Waals surface area contributed by atoms with E-state index < -0.39 is 0 Å². The van der Waals surface area contributed by atoms with Gasteiger partial charge in [0, 0.05) is 23.3 Å². The average Bonchev–Trinajstić information content (AvgIpc) is 3.28. The van der Waals surface area contributed by atoms with Gasteiger partial charge in [-0.15, -0.1) is 0 Å². The van der Waals surface area contributed by atoms with E-state index in [1.807, 2.05) is 42.6 Å². The SMILES string of the molecule is CCCCn1cc(-c2ccc(Cl)cc2Cl)nc1[C@@H](N)Cc1ccc(Oc2ccc(C#N)cc2)cc1. The summed E-state index contributed by atoms with van der Waals surface area (Å²) >= 11 is 12.5. The topological polar surface area (TPSA) is 76.9 Å². The van der Waals surface area contributed by atoms with Gasteiger partial charge in [-0.2, -0.15) is 5.26 Å². The van der Waals surface area contributed by atoms with Crippen LogP contribution in [0.3, 0.4) is 0 Å². The fourth-order valence-electron chi connectivity index (χ4n) is 3.83. The zero-order chi connectivity index (χ0) is 24.8. The summed E-state index contributed by atoms with van der Waals surface area (Å²) in [5, 5.41) is 10.1. The molecule has 1 aromatic heterocycles. The van der Waals surface area contributed by atoms with E-state index in [4.69, 9.17) is 43.9 Å². The van der Waals surface area contributed by atoms with E-state index in [1.54, 1.807) is 30.3 Å². The zero-order valence-electron chi connectivity index (χ0n) is 19.4. The molecule has 0 saturated heterocycles. The van der Waals surface area contributed by atoms with Crippen LogP contribution in [0.1, 0.15) is 42.8 Å². The van der Waals surface area contributed by atoms with E-state index in [-0.39, 0.29) is 6.04 Å². The van der Waals surface area contributed by atoms with Crippen molar-refractivity contribution in [3.63, 3.8) is 0 Å². The molecule has 1 heterocycles. The van der Waals surface area contributed by atoms with Crippen molar-refractivity contribution in [2.75, 3.05) is 0 Å². The van der Waals surface area contributed by atoms with Crippen molar-refractivity contribution in [2.24, 2.45) is 5.73 Å². The highest BCUT2D eigenvalue weighted by Gasteiger charge is 2.18. The van der Waals surface area contributed by atoms with Crippen LogP contribution in [-0.2, 0) is 13.0 Å². The van der Waals surface area contributed by atoms with Crippen LogP contribution < -0.4 is 10.5 Å². The standard InChI is InChI=1S/C28H26Cl2N4O/c1-2-3-14-34-18-27(24-13-8-21(29)16-25(24)30)33-28(34)26(32)15-19-4-9-22(10-5-19)35-23-11-6-20(17-31)7-12-23/h4-13,16,18,26H,2-3,14-15,32H2,1H3/t26-/m0/s1. The van der Waals surface area contributed by atoms with Crippen LogP contribution in [0.4, 0.5) is 0 Å². The minimum Gasteiger partial charge on any atom is -0.457 e. The first kappa shape index (κ1) is 24.8. The highest BCUT2D eigenvalue weighted by Crippen LogP contribution is 2.31. The second kappa shape index (κ2) is 11.4. The molecule has 7 heteroatoms. The smallest absolute Gasteiger partial charge is 0.127 e. The van der Waals surface area contributed by atoms with Gasteiger partial charge in [-0.25, -0.2) is 4.98 Å². The lowest BCUT2D eigenvalue weighted by molar-refractivity contribution is 0.482. The molecule has 0 aliphatic heterocycles. The number of aryl methyl sites for hydroxylation is 1. The van der Waals surface area contributed by atoms with Gasteiger partial charge in [0.05, 0.1) is 28.4 Å². The maximum Gasteiger partial charge on any atom is 0.127 e. The van der Waals surface area contributed by atoms with Crippen LogP contribution in [0.25, 0.3) is 11.3 Å². The molecule has 0 aliphatic rings. The lowest BCUT2D eigenvalue weighted by Gasteiger charge is -2.14. The number of nitriles is 1. The summed E-state index contributed by atoms with van der Waals surface area (Å²) in [7, 11) is 0. The molecule has 4 aromatic rings. The molecule has 0 bridgehead atoms. The second-order valence-electron chi connectivity index (χ2n) is 8.35. The van der Waals surface area contributed by atoms with E-state index in [0.29, 0.717) is 27.8 Å². The van der Waals surface area contributed by atoms with Crippen molar-refractivity contribution in [1.29, 1.82) is 5.26 Å². The van der Waals surface area contributed by atoms with Gasteiger partial charge in [0.25, 0.3) is 0 Å². The fourth-order valence-corrected chi connectivity index (χ4v) is 4.34. The molecular formula is C28H26Cl2N4O. The monoisotopic (exact) mass is 504 g/mol. The summed E-state index contributed by atoms with van der Waals surface area (Å²) in [6.07, 6.45) is 4.76. The Balaban J connectivity index is 1.50. The Bertz CT molecular complexity index is 1320. The van der Waals surface area contributed by atoms with Gasteiger partial charge in [-0.3, -0.25) is 0 Å². The van der Waals surface area contributed by atoms with Gasteiger partial charge in [-0.05, 0) is 73.0 Å². The van der Waals surface area contributed by atoms with Crippen molar-refractivity contribution in [1.82, 2.24) is 9.55 Å². The molecule has 35 heavy (non-hydrogen) atoms. The number of ether oxygens (including phenoxy) is 1. The van der Waals surface area contributed by atoms with Crippen molar-refractivity contribution < 1.29 is 4.74 Å². The summed E-state index contributed by atoms with van der Waals surface area (Å²) in [6, 6.07) is 22.1. The molecule has 0 spiro atoms. The summed E-state index contributed by atoms with van der Waals surface area (Å²) in [4.78, 5) is 4.87. The van der Waals surface area contributed by atoms with Crippen LogP contribution in [0, 0.1) is 11.3 Å². The third-order valence-electron chi connectivity index (χ3n) is 5.70. The van der Waals surface area contributed by atoms with Gasteiger partial charge in [-0.1, -0.05) is 48.7 Å². The number of rotatable bonds is 9. The van der Waals surface area contributed by atoms with Crippen molar-refractivity contribution in [2.45, 2.75) is 38.8 Å². The average molecular weight is 505 g/mol. The second-order valence-corrected chi connectivity index (χ2v) is 9.19. The molecule has 0 aliphatic carbocycles.